The quantitative estimate of drug-likeness (QED) is 0.618. The van der Waals surface area contributed by atoms with E-state index in [9.17, 15) is 36.4 Å². The Morgan fingerprint density at radius 3 is 1.52 bits per heavy atom. The third kappa shape index (κ3) is 3.91. The van der Waals surface area contributed by atoms with Crippen molar-refractivity contribution < 1.29 is 36.4 Å². The van der Waals surface area contributed by atoms with Crippen molar-refractivity contribution in [1.82, 2.24) is 0 Å². The van der Waals surface area contributed by atoms with E-state index in [0.717, 1.165) is 0 Å². The van der Waals surface area contributed by atoms with Gasteiger partial charge in [0.1, 0.15) is 0 Å². The van der Waals surface area contributed by atoms with Crippen LogP contribution < -0.4 is 5.46 Å². The van der Waals surface area contributed by atoms with Gasteiger partial charge in [0.25, 0.3) is 0 Å². The molecule has 0 heterocycles. The van der Waals surface area contributed by atoms with Gasteiger partial charge in [-0.3, -0.25) is 0 Å². The minimum Gasteiger partial charge on any atom is -0.423 e. The van der Waals surface area contributed by atoms with Crippen LogP contribution >= 0.6 is 0 Å². The number of hydrogen-bond donors (Lipinski definition) is 2. The van der Waals surface area contributed by atoms with Crippen LogP contribution in [-0.4, -0.2) is 17.2 Å². The molecule has 1 aromatic rings. The average Bonchev–Trinajstić information content (AvgIpc) is 2.23. The van der Waals surface area contributed by atoms with E-state index in [1.54, 1.807) is 0 Å². The second-order valence-electron chi connectivity index (χ2n) is 5.60. The van der Waals surface area contributed by atoms with Crippen LogP contribution in [0.2, 0.25) is 0 Å². The van der Waals surface area contributed by atoms with Crippen molar-refractivity contribution in [3.8, 4) is 0 Å². The van der Waals surface area contributed by atoms with Crippen LogP contribution in [0.15, 0.2) is 12.1 Å². The molecule has 0 fully saturated rings. The van der Waals surface area contributed by atoms with E-state index in [1.165, 1.54) is 20.8 Å². The van der Waals surface area contributed by atoms with Crippen molar-refractivity contribution in [2.45, 2.75) is 38.5 Å². The summed E-state index contributed by atoms with van der Waals surface area (Å²) in [6, 6.07) is 0.411. The molecule has 9 heteroatoms. The lowest BCUT2D eigenvalue weighted by Crippen LogP contribution is -2.42. The fourth-order valence-corrected chi connectivity index (χ4v) is 1.95. The molecule has 0 radical (unpaired) electrons. The van der Waals surface area contributed by atoms with Crippen LogP contribution in [0.1, 0.15) is 37.5 Å². The Morgan fingerprint density at radius 1 is 0.810 bits per heavy atom. The maximum Gasteiger partial charge on any atom is 0.489 e. The molecule has 0 aromatic heterocycles. The average molecular weight is 314 g/mol. The normalized spacial score (nSPS) is 13.5. The number of benzene rings is 1. The Hall–Kier alpha value is -1.22. The summed E-state index contributed by atoms with van der Waals surface area (Å²) in [4.78, 5) is 0. The summed E-state index contributed by atoms with van der Waals surface area (Å²) < 4.78 is 77.2. The molecule has 0 aliphatic heterocycles. The summed E-state index contributed by atoms with van der Waals surface area (Å²) in [6.45, 7) is 4.15. The van der Waals surface area contributed by atoms with Gasteiger partial charge in [0.2, 0.25) is 0 Å². The van der Waals surface area contributed by atoms with E-state index in [-0.39, 0.29) is 6.07 Å². The number of rotatable bonds is 1. The Balaban J connectivity index is 3.85. The molecule has 2 N–H and O–H groups in total. The molecule has 1 aromatic carbocycles. The first kappa shape index (κ1) is 17.8. The predicted octanol–water partition coefficient (Wildman–Crippen LogP) is 2.70. The van der Waals surface area contributed by atoms with Gasteiger partial charge >= 0.3 is 19.5 Å². The second kappa shape index (κ2) is 5.21. The first-order valence-electron chi connectivity index (χ1n) is 5.84. The monoisotopic (exact) mass is 314 g/mol. The molecule has 21 heavy (non-hydrogen) atoms. The van der Waals surface area contributed by atoms with Crippen molar-refractivity contribution in [2.24, 2.45) is 0 Å². The van der Waals surface area contributed by atoms with Gasteiger partial charge < -0.3 is 10.0 Å². The maximum atomic E-state index is 13.0. The largest absolute Gasteiger partial charge is 0.489 e. The summed E-state index contributed by atoms with van der Waals surface area (Å²) in [6.07, 6.45) is -10.1. The fourth-order valence-electron chi connectivity index (χ4n) is 1.95. The molecule has 0 amide bonds. The summed E-state index contributed by atoms with van der Waals surface area (Å²) >= 11 is 0. The zero-order valence-corrected chi connectivity index (χ0v) is 11.4. The highest BCUT2D eigenvalue weighted by atomic mass is 19.4. The Kier molecular flexibility index (Phi) is 4.42. The lowest BCUT2D eigenvalue weighted by molar-refractivity contribution is -0.142. The molecule has 2 nitrogen and oxygen atoms in total. The van der Waals surface area contributed by atoms with Gasteiger partial charge in [-0.25, -0.2) is 0 Å². The van der Waals surface area contributed by atoms with Crippen molar-refractivity contribution in [2.75, 3.05) is 0 Å². The van der Waals surface area contributed by atoms with E-state index >= 15 is 0 Å². The van der Waals surface area contributed by atoms with Crippen molar-refractivity contribution >= 4 is 12.6 Å². The lowest BCUT2D eigenvalue weighted by atomic mass is 9.67. The highest BCUT2D eigenvalue weighted by Crippen LogP contribution is 2.37. The molecular weight excluding hydrogens is 301 g/mol. The molecule has 0 bridgehead atoms. The van der Waals surface area contributed by atoms with Crippen LogP contribution in [0.25, 0.3) is 0 Å². The van der Waals surface area contributed by atoms with Crippen molar-refractivity contribution in [3.63, 3.8) is 0 Å². The summed E-state index contributed by atoms with van der Waals surface area (Å²) in [5.41, 5.74) is -5.69. The highest BCUT2D eigenvalue weighted by Gasteiger charge is 2.43. The fraction of sp³-hybridized carbons (Fsp3) is 0.500. The summed E-state index contributed by atoms with van der Waals surface area (Å²) in [7, 11) is -2.53. The molecule has 1 rings (SSSR count). The Labute approximate surface area is 117 Å². The lowest BCUT2D eigenvalue weighted by Gasteiger charge is -2.27. The predicted molar refractivity (Wildman–Crippen MR) is 65.0 cm³/mol. The van der Waals surface area contributed by atoms with Gasteiger partial charge in [0.15, 0.2) is 0 Å². The zero-order chi connectivity index (χ0) is 16.8. The summed E-state index contributed by atoms with van der Waals surface area (Å²) in [5, 5.41) is 18.4. The topological polar surface area (TPSA) is 40.5 Å². The molecule has 0 spiro atoms. The van der Waals surface area contributed by atoms with Gasteiger partial charge in [0.05, 0.1) is 11.1 Å². The SMILES string of the molecule is CC(C)(C)c1cc(C(F)(F)F)cc(C(F)(F)F)c1B(O)O. The number of halogens is 6. The molecule has 0 saturated carbocycles. The minimum atomic E-state index is -5.14. The van der Waals surface area contributed by atoms with E-state index in [4.69, 9.17) is 0 Å². The molecule has 0 saturated heterocycles. The van der Waals surface area contributed by atoms with Gasteiger partial charge in [-0.2, -0.15) is 26.3 Å². The molecule has 0 unspecified atom stereocenters. The van der Waals surface area contributed by atoms with Crippen LogP contribution in [0.3, 0.4) is 0 Å². The Bertz CT molecular complexity index is 493. The third-order valence-corrected chi connectivity index (χ3v) is 2.88. The smallest absolute Gasteiger partial charge is 0.423 e. The molecule has 0 atom stereocenters. The van der Waals surface area contributed by atoms with Crippen LogP contribution in [0.4, 0.5) is 26.3 Å². The van der Waals surface area contributed by atoms with E-state index in [2.05, 4.69) is 0 Å². The van der Waals surface area contributed by atoms with Gasteiger partial charge in [0, 0.05) is 0 Å². The van der Waals surface area contributed by atoms with Crippen molar-refractivity contribution in [1.29, 1.82) is 0 Å². The molecule has 118 valence electrons. The summed E-state index contributed by atoms with van der Waals surface area (Å²) in [5.74, 6) is 0. The van der Waals surface area contributed by atoms with Crippen LogP contribution in [-0.2, 0) is 17.8 Å². The first-order chi connectivity index (χ1) is 9.15. The van der Waals surface area contributed by atoms with Crippen molar-refractivity contribution in [3.05, 3.63) is 28.8 Å². The highest BCUT2D eigenvalue weighted by molar-refractivity contribution is 6.60. The third-order valence-electron chi connectivity index (χ3n) is 2.88. The van der Waals surface area contributed by atoms with Crippen LogP contribution in [0, 0.1) is 0 Å². The van der Waals surface area contributed by atoms with E-state index in [1.807, 2.05) is 0 Å². The van der Waals surface area contributed by atoms with Crippen LogP contribution in [0.5, 0.6) is 0 Å². The number of hydrogen-bond acceptors (Lipinski definition) is 2. The first-order valence-corrected chi connectivity index (χ1v) is 5.84. The number of alkyl halides is 6. The second-order valence-corrected chi connectivity index (χ2v) is 5.60. The standard InChI is InChI=1S/C12H13BF6O2/c1-10(2,3)7-4-6(11(14,15)16)5-8(12(17,18)19)9(7)13(20)21/h4-5,20-21H,1-3H3. The van der Waals surface area contributed by atoms with Gasteiger partial charge in [-0.15, -0.1) is 0 Å². The minimum absolute atomic E-state index is 0.107. The molecule has 0 aliphatic rings. The van der Waals surface area contributed by atoms with Gasteiger partial charge in [-0.05, 0) is 28.6 Å². The Morgan fingerprint density at radius 2 is 1.24 bits per heavy atom. The zero-order valence-electron chi connectivity index (χ0n) is 11.4. The molecule has 0 aliphatic carbocycles. The van der Waals surface area contributed by atoms with E-state index < -0.39 is 47.0 Å². The van der Waals surface area contributed by atoms with Gasteiger partial charge in [-0.1, -0.05) is 20.8 Å². The maximum absolute atomic E-state index is 13.0. The molecular formula is C12H13BF6O2. The van der Waals surface area contributed by atoms with E-state index in [0.29, 0.717) is 6.07 Å².